The summed E-state index contributed by atoms with van der Waals surface area (Å²) in [5.41, 5.74) is 0.622. The fourth-order valence-electron chi connectivity index (χ4n) is 1.72. The standard InChI is InChI=1S/C9H15N2.C7H9NO3S/c1-3-5-6-11-8-7-10(4-2)9-11;9-12(10,11)6-8-7-4-2-1-3-5-7/h4,7-9H,2-3,5-6H2,1H3;1-5,8H,6H2,(H,9,10,11)/q+1;/p-1. The number of hydrogen-bond acceptors (Lipinski definition) is 4. The fourth-order valence-corrected chi connectivity index (χ4v) is 2.06. The predicted octanol–water partition coefficient (Wildman–Crippen LogP) is 2.28. The van der Waals surface area contributed by atoms with Gasteiger partial charge >= 0.3 is 0 Å². The smallest absolute Gasteiger partial charge is 0.248 e. The van der Waals surface area contributed by atoms with Gasteiger partial charge in [0.2, 0.25) is 6.33 Å². The number of nitrogens with one attached hydrogen (secondary N) is 1. The minimum absolute atomic E-state index is 0.572. The van der Waals surface area contributed by atoms with Gasteiger partial charge in [0.25, 0.3) is 0 Å². The summed E-state index contributed by atoms with van der Waals surface area (Å²) in [7, 11) is -4.18. The molecule has 0 radical (unpaired) electrons. The highest BCUT2D eigenvalue weighted by molar-refractivity contribution is 7.85. The van der Waals surface area contributed by atoms with Crippen molar-refractivity contribution in [2.24, 2.45) is 0 Å². The van der Waals surface area contributed by atoms with Crippen molar-refractivity contribution in [3.63, 3.8) is 0 Å². The van der Waals surface area contributed by atoms with Gasteiger partial charge in [-0.15, -0.1) is 0 Å². The molecule has 2 rings (SSSR count). The number of para-hydroxylation sites is 1. The average Bonchev–Trinajstić information content (AvgIpc) is 3.00. The van der Waals surface area contributed by atoms with Crippen molar-refractivity contribution in [1.29, 1.82) is 0 Å². The number of benzene rings is 1. The number of aryl methyl sites for hydroxylation is 1. The first-order valence-electron chi connectivity index (χ1n) is 7.36. The summed E-state index contributed by atoms with van der Waals surface area (Å²) in [6, 6.07) is 8.67. The van der Waals surface area contributed by atoms with Gasteiger partial charge in [-0.3, -0.25) is 0 Å². The molecule has 0 unspecified atom stereocenters. The monoisotopic (exact) mass is 337 g/mol. The van der Waals surface area contributed by atoms with E-state index in [1.54, 1.807) is 36.5 Å². The summed E-state index contributed by atoms with van der Waals surface area (Å²) in [5, 5.41) is 2.48. The molecule has 1 heterocycles. The first-order valence-corrected chi connectivity index (χ1v) is 8.94. The molecule has 1 aromatic heterocycles. The van der Waals surface area contributed by atoms with Crippen molar-refractivity contribution in [2.45, 2.75) is 26.3 Å². The van der Waals surface area contributed by atoms with Gasteiger partial charge < -0.3 is 9.87 Å². The molecule has 0 bridgehead atoms. The molecule has 0 saturated heterocycles. The normalized spacial score (nSPS) is 10.5. The second-order valence-corrected chi connectivity index (χ2v) is 6.28. The van der Waals surface area contributed by atoms with Crippen LogP contribution in [-0.4, -0.2) is 23.4 Å². The first kappa shape index (κ1) is 18.9. The number of imidazole rings is 1. The van der Waals surface area contributed by atoms with Gasteiger partial charge in [-0.2, -0.15) is 0 Å². The Morgan fingerprint density at radius 3 is 2.57 bits per heavy atom. The molecule has 0 atom stereocenters. The average molecular weight is 337 g/mol. The zero-order chi connectivity index (χ0) is 17.1. The molecule has 23 heavy (non-hydrogen) atoms. The van der Waals surface area contributed by atoms with Crippen LogP contribution in [0.5, 0.6) is 0 Å². The molecule has 6 nitrogen and oxygen atoms in total. The quantitative estimate of drug-likeness (QED) is 0.621. The number of aromatic nitrogens is 2. The molecule has 1 N–H and O–H groups in total. The topological polar surface area (TPSA) is 78.0 Å². The SMILES string of the molecule is C=C[n+]1ccn(CCCC)c1.O=S(=O)([O-])CNc1ccccc1. The van der Waals surface area contributed by atoms with Gasteiger partial charge in [-0.1, -0.05) is 38.1 Å². The van der Waals surface area contributed by atoms with Gasteiger partial charge in [0.15, 0.2) is 0 Å². The molecule has 0 fully saturated rings. The van der Waals surface area contributed by atoms with Crippen LogP contribution in [0.3, 0.4) is 0 Å². The van der Waals surface area contributed by atoms with E-state index in [4.69, 9.17) is 0 Å². The van der Waals surface area contributed by atoms with E-state index >= 15 is 0 Å². The Balaban J connectivity index is 0.000000231. The van der Waals surface area contributed by atoms with Crippen LogP contribution in [0.15, 0.2) is 55.6 Å². The number of rotatable bonds is 7. The molecule has 0 aliphatic rings. The third kappa shape index (κ3) is 8.80. The summed E-state index contributed by atoms with van der Waals surface area (Å²) in [5.74, 6) is -0.572. The van der Waals surface area contributed by atoms with Crippen molar-refractivity contribution in [3.05, 3.63) is 55.6 Å². The molecule has 2 aromatic rings. The highest BCUT2D eigenvalue weighted by Gasteiger charge is 1.98. The zero-order valence-corrected chi connectivity index (χ0v) is 14.1. The summed E-state index contributed by atoms with van der Waals surface area (Å²) in [6.07, 6.45) is 10.4. The maximum atomic E-state index is 10.2. The van der Waals surface area contributed by atoms with Crippen molar-refractivity contribution in [3.8, 4) is 0 Å². The Morgan fingerprint density at radius 2 is 2.04 bits per heavy atom. The molecular weight excluding hydrogens is 314 g/mol. The number of nitrogens with zero attached hydrogens (tertiary/aromatic N) is 2. The largest absolute Gasteiger partial charge is 0.747 e. The number of anilines is 1. The van der Waals surface area contributed by atoms with Crippen molar-refractivity contribution in [2.75, 3.05) is 11.2 Å². The molecular formula is C16H23N3O3S. The predicted molar refractivity (Wildman–Crippen MR) is 90.6 cm³/mol. The zero-order valence-electron chi connectivity index (χ0n) is 13.3. The van der Waals surface area contributed by atoms with Crippen LogP contribution in [0.2, 0.25) is 0 Å². The van der Waals surface area contributed by atoms with Gasteiger partial charge in [0, 0.05) is 5.69 Å². The second-order valence-electron chi connectivity index (χ2n) is 4.88. The van der Waals surface area contributed by atoms with Gasteiger partial charge in [0.1, 0.15) is 28.4 Å². The molecule has 0 aliphatic heterocycles. The fraction of sp³-hybridized carbons (Fsp3) is 0.312. The molecule has 1 aromatic carbocycles. The van der Waals surface area contributed by atoms with E-state index in [0.717, 1.165) is 6.54 Å². The van der Waals surface area contributed by atoms with Crippen molar-refractivity contribution < 1.29 is 17.5 Å². The van der Waals surface area contributed by atoms with Gasteiger partial charge in [0.05, 0.1) is 12.7 Å². The lowest BCUT2D eigenvalue weighted by Gasteiger charge is -2.08. The molecule has 0 amide bonds. The molecule has 126 valence electrons. The lowest BCUT2D eigenvalue weighted by atomic mass is 10.3. The van der Waals surface area contributed by atoms with Crippen molar-refractivity contribution in [1.82, 2.24) is 4.57 Å². The van der Waals surface area contributed by atoms with Gasteiger partial charge in [-0.05, 0) is 18.6 Å². The summed E-state index contributed by atoms with van der Waals surface area (Å²) < 4.78 is 34.7. The van der Waals surface area contributed by atoms with E-state index in [1.165, 1.54) is 12.8 Å². The Labute approximate surface area is 137 Å². The third-order valence-corrected chi connectivity index (χ3v) is 3.42. The van der Waals surface area contributed by atoms with E-state index in [9.17, 15) is 13.0 Å². The van der Waals surface area contributed by atoms with Crippen LogP contribution in [0.4, 0.5) is 5.69 Å². The molecule has 0 aliphatic carbocycles. The van der Waals surface area contributed by atoms with E-state index in [1.807, 2.05) is 17.1 Å². The third-order valence-electron chi connectivity index (χ3n) is 2.92. The second kappa shape index (κ2) is 9.81. The van der Waals surface area contributed by atoms with Crippen LogP contribution in [0.1, 0.15) is 19.8 Å². The Morgan fingerprint density at radius 1 is 1.35 bits per heavy atom. The first-order chi connectivity index (χ1) is 10.9. The minimum atomic E-state index is -4.18. The Bertz CT molecular complexity index is 682. The van der Waals surface area contributed by atoms with Crippen LogP contribution in [0.25, 0.3) is 6.20 Å². The lowest BCUT2D eigenvalue weighted by Crippen LogP contribution is -2.21. The number of hydrogen-bond donors (Lipinski definition) is 1. The van der Waals surface area contributed by atoms with E-state index in [0.29, 0.717) is 5.69 Å². The van der Waals surface area contributed by atoms with E-state index < -0.39 is 16.0 Å². The van der Waals surface area contributed by atoms with Crippen LogP contribution in [0, 0.1) is 0 Å². The van der Waals surface area contributed by atoms with E-state index in [-0.39, 0.29) is 0 Å². The van der Waals surface area contributed by atoms with Crippen LogP contribution in [-0.2, 0) is 16.7 Å². The highest BCUT2D eigenvalue weighted by Crippen LogP contribution is 2.04. The Kier molecular flexibility index (Phi) is 8.07. The van der Waals surface area contributed by atoms with E-state index in [2.05, 4.69) is 29.6 Å². The Hall–Kier alpha value is -2.12. The maximum absolute atomic E-state index is 10.2. The van der Waals surface area contributed by atoms with Crippen LogP contribution < -0.4 is 9.88 Å². The summed E-state index contributed by atoms with van der Waals surface area (Å²) >= 11 is 0. The summed E-state index contributed by atoms with van der Waals surface area (Å²) in [6.45, 7) is 6.98. The molecule has 7 heteroatoms. The molecule has 0 spiro atoms. The number of unbranched alkanes of at least 4 members (excludes halogenated alkanes) is 1. The molecule has 0 saturated carbocycles. The maximum Gasteiger partial charge on any atom is 0.248 e. The summed E-state index contributed by atoms with van der Waals surface area (Å²) in [4.78, 5) is 0. The highest BCUT2D eigenvalue weighted by atomic mass is 32.2. The van der Waals surface area contributed by atoms with Crippen LogP contribution >= 0.6 is 0 Å². The van der Waals surface area contributed by atoms with Crippen molar-refractivity contribution >= 4 is 22.0 Å². The lowest BCUT2D eigenvalue weighted by molar-refractivity contribution is -0.567. The minimum Gasteiger partial charge on any atom is -0.747 e. The van der Waals surface area contributed by atoms with Gasteiger partial charge in [-0.25, -0.2) is 17.6 Å².